The Labute approximate surface area is 122 Å². The summed E-state index contributed by atoms with van der Waals surface area (Å²) in [7, 11) is -2.97. The largest absolute Gasteiger partial charge is 0.316 e. The number of nitrogens with zero attached hydrogens (tertiary/aromatic N) is 1. The molecule has 1 aliphatic rings. The van der Waals surface area contributed by atoms with Crippen LogP contribution in [0.15, 0.2) is 30.3 Å². The monoisotopic (exact) mass is 296 g/mol. The third-order valence-corrected chi connectivity index (χ3v) is 5.75. The van der Waals surface area contributed by atoms with E-state index in [4.69, 9.17) is 0 Å². The molecular weight excluding hydrogens is 272 g/mol. The molecule has 1 saturated heterocycles. The molecule has 1 N–H and O–H groups in total. The van der Waals surface area contributed by atoms with Crippen molar-refractivity contribution in [1.82, 2.24) is 9.62 Å². The number of sulfonamides is 1. The highest BCUT2D eigenvalue weighted by molar-refractivity contribution is 7.89. The number of rotatable bonds is 7. The van der Waals surface area contributed by atoms with Crippen LogP contribution in [0.2, 0.25) is 0 Å². The van der Waals surface area contributed by atoms with Crippen molar-refractivity contribution < 1.29 is 8.42 Å². The van der Waals surface area contributed by atoms with Gasteiger partial charge in [-0.1, -0.05) is 37.3 Å². The number of benzene rings is 1. The van der Waals surface area contributed by atoms with Crippen molar-refractivity contribution in [2.75, 3.05) is 31.9 Å². The van der Waals surface area contributed by atoms with Crippen molar-refractivity contribution >= 4 is 10.0 Å². The van der Waals surface area contributed by atoms with Crippen LogP contribution in [-0.2, 0) is 10.0 Å². The van der Waals surface area contributed by atoms with Crippen LogP contribution in [0.25, 0.3) is 0 Å². The minimum atomic E-state index is -2.97. The van der Waals surface area contributed by atoms with E-state index in [0.29, 0.717) is 24.9 Å². The lowest BCUT2D eigenvalue weighted by Gasteiger charge is -2.38. The first-order valence-corrected chi connectivity index (χ1v) is 8.87. The zero-order valence-electron chi connectivity index (χ0n) is 12.2. The number of nitrogens with one attached hydrogen (secondary N) is 1. The average Bonchev–Trinajstić information content (AvgIpc) is 2.41. The summed E-state index contributed by atoms with van der Waals surface area (Å²) < 4.78 is 24.8. The lowest BCUT2D eigenvalue weighted by atomic mass is 10.00. The average molecular weight is 296 g/mol. The minimum Gasteiger partial charge on any atom is -0.316 e. The molecule has 1 heterocycles. The summed E-state index contributed by atoms with van der Waals surface area (Å²) in [6, 6.07) is 10.4. The Morgan fingerprint density at radius 3 is 2.55 bits per heavy atom. The molecule has 0 radical (unpaired) electrons. The van der Waals surface area contributed by atoms with E-state index in [1.165, 1.54) is 5.56 Å². The van der Waals surface area contributed by atoms with Crippen LogP contribution in [0.1, 0.15) is 25.3 Å². The van der Waals surface area contributed by atoms with E-state index < -0.39 is 10.0 Å². The van der Waals surface area contributed by atoms with Crippen LogP contribution in [-0.4, -0.2) is 44.7 Å². The summed E-state index contributed by atoms with van der Waals surface area (Å²) in [5.41, 5.74) is 1.34. The van der Waals surface area contributed by atoms with Gasteiger partial charge in [0.15, 0.2) is 0 Å². The molecule has 0 amide bonds. The topological polar surface area (TPSA) is 49.4 Å². The molecule has 2 rings (SSSR count). The SMILES string of the molecule is CCS(=O)(=O)N1CC(CNC[C@H](C)c2ccccc2)C1. The fourth-order valence-electron chi connectivity index (χ4n) is 2.46. The standard InChI is InChI=1S/C15H24N2O2S/c1-3-20(18,19)17-11-14(12-17)10-16-9-13(2)15-7-5-4-6-8-15/h4-8,13-14,16H,3,9-12H2,1-2H3/t13-/m0/s1. The van der Waals surface area contributed by atoms with E-state index in [1.807, 2.05) is 6.07 Å². The van der Waals surface area contributed by atoms with E-state index in [-0.39, 0.29) is 5.75 Å². The molecule has 1 atom stereocenters. The van der Waals surface area contributed by atoms with Crippen LogP contribution in [0.5, 0.6) is 0 Å². The van der Waals surface area contributed by atoms with Crippen molar-refractivity contribution in [3.05, 3.63) is 35.9 Å². The molecule has 0 aliphatic carbocycles. The summed E-state index contributed by atoms with van der Waals surface area (Å²) >= 11 is 0. The maximum atomic E-state index is 11.6. The Bertz CT molecular complexity index is 510. The minimum absolute atomic E-state index is 0.207. The summed E-state index contributed by atoms with van der Waals surface area (Å²) in [6.45, 7) is 7.07. The third kappa shape index (κ3) is 3.81. The van der Waals surface area contributed by atoms with Crippen LogP contribution >= 0.6 is 0 Å². The summed E-state index contributed by atoms with van der Waals surface area (Å²) in [6.07, 6.45) is 0. The Morgan fingerprint density at radius 2 is 1.95 bits per heavy atom. The van der Waals surface area contributed by atoms with Gasteiger partial charge in [0.25, 0.3) is 0 Å². The second-order valence-corrected chi connectivity index (χ2v) is 7.81. The maximum Gasteiger partial charge on any atom is 0.213 e. The van der Waals surface area contributed by atoms with E-state index in [0.717, 1.165) is 13.1 Å². The van der Waals surface area contributed by atoms with Gasteiger partial charge in [0, 0.05) is 26.2 Å². The van der Waals surface area contributed by atoms with Gasteiger partial charge in [0.1, 0.15) is 0 Å². The van der Waals surface area contributed by atoms with E-state index in [2.05, 4.69) is 36.5 Å². The molecule has 1 aromatic rings. The van der Waals surface area contributed by atoms with Gasteiger partial charge in [-0.2, -0.15) is 0 Å². The van der Waals surface area contributed by atoms with Gasteiger partial charge in [0.05, 0.1) is 5.75 Å². The fourth-order valence-corrected chi connectivity index (χ4v) is 3.71. The molecule has 112 valence electrons. The van der Waals surface area contributed by atoms with E-state index in [1.54, 1.807) is 11.2 Å². The zero-order chi connectivity index (χ0) is 14.6. The summed E-state index contributed by atoms with van der Waals surface area (Å²) in [4.78, 5) is 0. The first-order chi connectivity index (χ1) is 9.53. The van der Waals surface area contributed by atoms with Crippen LogP contribution in [0.3, 0.4) is 0 Å². The van der Waals surface area contributed by atoms with Gasteiger partial charge in [-0.15, -0.1) is 0 Å². The molecule has 0 unspecified atom stereocenters. The highest BCUT2D eigenvalue weighted by Gasteiger charge is 2.34. The number of hydrogen-bond acceptors (Lipinski definition) is 3. The molecule has 0 spiro atoms. The first kappa shape index (κ1) is 15.5. The van der Waals surface area contributed by atoms with Crippen molar-refractivity contribution in [3.63, 3.8) is 0 Å². The highest BCUT2D eigenvalue weighted by atomic mass is 32.2. The van der Waals surface area contributed by atoms with E-state index >= 15 is 0 Å². The van der Waals surface area contributed by atoms with E-state index in [9.17, 15) is 8.42 Å². The molecule has 0 bridgehead atoms. The lowest BCUT2D eigenvalue weighted by Crippen LogP contribution is -2.53. The first-order valence-electron chi connectivity index (χ1n) is 7.26. The molecule has 1 aromatic carbocycles. The van der Waals surface area contributed by atoms with Crippen molar-refractivity contribution in [2.24, 2.45) is 5.92 Å². The van der Waals surface area contributed by atoms with Gasteiger partial charge in [-0.25, -0.2) is 12.7 Å². The normalized spacial score (nSPS) is 18.7. The molecule has 1 fully saturated rings. The Hall–Kier alpha value is -0.910. The Kier molecular flexibility index (Phi) is 5.18. The highest BCUT2D eigenvalue weighted by Crippen LogP contribution is 2.19. The summed E-state index contributed by atoms with van der Waals surface area (Å²) in [5, 5.41) is 3.45. The predicted molar refractivity (Wildman–Crippen MR) is 82.3 cm³/mol. The molecule has 0 aromatic heterocycles. The van der Waals surface area contributed by atoms with Gasteiger partial charge in [0.2, 0.25) is 10.0 Å². The van der Waals surface area contributed by atoms with Gasteiger partial charge < -0.3 is 5.32 Å². The van der Waals surface area contributed by atoms with Crippen molar-refractivity contribution in [2.45, 2.75) is 19.8 Å². The molecular formula is C15H24N2O2S. The smallest absolute Gasteiger partial charge is 0.213 e. The quantitative estimate of drug-likeness (QED) is 0.832. The van der Waals surface area contributed by atoms with Gasteiger partial charge in [-0.3, -0.25) is 0 Å². The second kappa shape index (κ2) is 6.70. The zero-order valence-corrected chi connectivity index (χ0v) is 13.1. The van der Waals surface area contributed by atoms with Gasteiger partial charge in [-0.05, 0) is 24.3 Å². The molecule has 20 heavy (non-hydrogen) atoms. The van der Waals surface area contributed by atoms with Gasteiger partial charge >= 0.3 is 0 Å². The Morgan fingerprint density at radius 1 is 1.30 bits per heavy atom. The molecule has 5 heteroatoms. The Balaban J connectivity index is 1.66. The molecule has 1 aliphatic heterocycles. The van der Waals surface area contributed by atoms with Crippen molar-refractivity contribution in [1.29, 1.82) is 0 Å². The van der Waals surface area contributed by atoms with Crippen molar-refractivity contribution in [3.8, 4) is 0 Å². The lowest BCUT2D eigenvalue weighted by molar-refractivity contribution is 0.196. The number of hydrogen-bond donors (Lipinski definition) is 1. The van der Waals surface area contributed by atoms with Crippen LogP contribution in [0, 0.1) is 5.92 Å². The third-order valence-electron chi connectivity index (χ3n) is 3.93. The molecule has 0 saturated carbocycles. The second-order valence-electron chi connectivity index (χ2n) is 5.55. The van der Waals surface area contributed by atoms with Crippen LogP contribution in [0.4, 0.5) is 0 Å². The molecule has 4 nitrogen and oxygen atoms in total. The fraction of sp³-hybridized carbons (Fsp3) is 0.600. The maximum absolute atomic E-state index is 11.6. The summed E-state index contributed by atoms with van der Waals surface area (Å²) in [5.74, 6) is 1.14. The van der Waals surface area contributed by atoms with Crippen LogP contribution < -0.4 is 5.32 Å². The predicted octanol–water partition coefficient (Wildman–Crippen LogP) is 1.66.